The van der Waals surface area contributed by atoms with Crippen LogP contribution in [-0.2, 0) is 20.9 Å². The van der Waals surface area contributed by atoms with E-state index in [0.29, 0.717) is 34.4 Å². The van der Waals surface area contributed by atoms with Gasteiger partial charge in [0.1, 0.15) is 18.1 Å². The Bertz CT molecular complexity index is 1520. The lowest BCUT2D eigenvalue weighted by Gasteiger charge is -2.60. The maximum atomic E-state index is 12.8. The molecule has 7 nitrogen and oxygen atoms in total. The molecule has 47 heavy (non-hydrogen) atoms. The number of ether oxygens (including phenoxy) is 1. The molecule has 2 aliphatic rings. The van der Waals surface area contributed by atoms with E-state index in [1.54, 1.807) is 29.9 Å². The van der Waals surface area contributed by atoms with Gasteiger partial charge in [-0.25, -0.2) is 9.48 Å². The Hall–Kier alpha value is -3.03. The van der Waals surface area contributed by atoms with Crippen LogP contribution in [-0.4, -0.2) is 37.5 Å². The van der Waals surface area contributed by atoms with E-state index in [0.717, 1.165) is 63.5 Å². The number of hydrogen-bond acceptors (Lipinski definition) is 6. The van der Waals surface area contributed by atoms with Crippen molar-refractivity contribution in [2.75, 3.05) is 0 Å². The monoisotopic (exact) mass is 663 g/mol. The molecule has 1 heterocycles. The molecule has 0 amide bonds. The summed E-state index contributed by atoms with van der Waals surface area (Å²) in [4.78, 5) is 25.3. The van der Waals surface area contributed by atoms with Crippen molar-refractivity contribution in [2.45, 2.75) is 125 Å². The zero-order chi connectivity index (χ0) is 34.4. The molecule has 2 aromatic rings. The Morgan fingerprint density at radius 1 is 1.04 bits per heavy atom. The fraction of sp³-hybridized carbons (Fsp3) is 0.590. The van der Waals surface area contributed by atoms with Crippen molar-refractivity contribution in [3.8, 4) is 5.69 Å². The number of esters is 1. The van der Waals surface area contributed by atoms with E-state index in [4.69, 9.17) is 16.3 Å². The molecule has 0 bridgehead atoms. The molecule has 8 heteroatoms. The molecule has 2 aliphatic carbocycles. The second kappa shape index (κ2) is 15.5. The van der Waals surface area contributed by atoms with E-state index in [1.165, 1.54) is 11.1 Å². The van der Waals surface area contributed by atoms with Crippen LogP contribution in [0.3, 0.4) is 0 Å². The summed E-state index contributed by atoms with van der Waals surface area (Å²) in [6.45, 7) is 14.8. The van der Waals surface area contributed by atoms with E-state index in [2.05, 4.69) is 57.1 Å². The van der Waals surface area contributed by atoms with Crippen LogP contribution in [0.1, 0.15) is 118 Å². The van der Waals surface area contributed by atoms with Crippen molar-refractivity contribution in [3.05, 3.63) is 76.1 Å². The number of allylic oxidation sites excluding steroid dienone is 5. The maximum Gasteiger partial charge on any atom is 0.333 e. The normalized spacial score (nSPS) is 26.7. The summed E-state index contributed by atoms with van der Waals surface area (Å²) < 4.78 is 7.04. The van der Waals surface area contributed by atoms with Crippen LogP contribution in [0.4, 0.5) is 0 Å². The summed E-state index contributed by atoms with van der Waals surface area (Å²) in [5.41, 5.74) is 3.60. The van der Waals surface area contributed by atoms with Gasteiger partial charge in [-0.05, 0) is 121 Å². The minimum absolute atomic E-state index is 0.00995. The van der Waals surface area contributed by atoms with E-state index in [-0.39, 0.29) is 29.3 Å². The highest BCUT2D eigenvalue weighted by Gasteiger charge is 2.59. The molecular weight excluding hydrogens is 610 g/mol. The molecule has 0 unspecified atom stereocenters. The number of nitrogens with zero attached hydrogens (tertiary/aromatic N) is 3. The van der Waals surface area contributed by atoms with Crippen LogP contribution in [0.15, 0.2) is 65.4 Å². The van der Waals surface area contributed by atoms with Crippen molar-refractivity contribution in [3.63, 3.8) is 0 Å². The molecule has 4 rings (SSSR count). The summed E-state index contributed by atoms with van der Waals surface area (Å²) in [6, 6.07) is 7.30. The lowest BCUT2D eigenvalue weighted by atomic mass is 9.45. The summed E-state index contributed by atoms with van der Waals surface area (Å²) in [7, 11) is 0. The van der Waals surface area contributed by atoms with Crippen molar-refractivity contribution < 1.29 is 19.4 Å². The number of benzene rings is 1. The molecular formula is C39H54ClN3O4. The van der Waals surface area contributed by atoms with Gasteiger partial charge >= 0.3 is 5.97 Å². The number of rotatable bonds is 13. The predicted molar refractivity (Wildman–Crippen MR) is 188 cm³/mol. The molecule has 2 saturated carbocycles. The van der Waals surface area contributed by atoms with Gasteiger partial charge in [-0.3, -0.25) is 4.79 Å². The SMILES string of the molecule is C/C(=C\CC/C(C)=C/CC[C@@H]1[C@@]2(C)CCC(=O)C(C)(C)[C@H]2CC[C@@]1(C)O)CC/C=C(\C)C(=O)OCc1cn(-c2cccc(Cl)c2)nn1. The van der Waals surface area contributed by atoms with Crippen molar-refractivity contribution in [1.82, 2.24) is 15.0 Å². The first-order valence-electron chi connectivity index (χ1n) is 17.2. The first kappa shape index (κ1) is 36.8. The second-order valence-electron chi connectivity index (χ2n) is 15.0. The van der Waals surface area contributed by atoms with Gasteiger partial charge in [0.25, 0.3) is 0 Å². The first-order valence-corrected chi connectivity index (χ1v) is 17.6. The fourth-order valence-electron chi connectivity index (χ4n) is 8.18. The number of fused-ring (bicyclic) bond motifs is 1. The molecule has 4 atom stereocenters. The molecule has 1 aromatic carbocycles. The number of aliphatic hydroxyl groups is 1. The van der Waals surface area contributed by atoms with Gasteiger partial charge in [0, 0.05) is 22.4 Å². The highest BCUT2D eigenvalue weighted by Crippen LogP contribution is 2.62. The van der Waals surface area contributed by atoms with Gasteiger partial charge in [-0.15, -0.1) is 5.10 Å². The van der Waals surface area contributed by atoms with E-state index < -0.39 is 5.60 Å². The van der Waals surface area contributed by atoms with Crippen LogP contribution in [0, 0.1) is 22.7 Å². The Morgan fingerprint density at radius 2 is 1.72 bits per heavy atom. The third-order valence-electron chi connectivity index (χ3n) is 11.0. The summed E-state index contributed by atoms with van der Waals surface area (Å²) in [6.07, 6.45) is 17.0. The maximum absolute atomic E-state index is 12.8. The molecule has 2 fully saturated rings. The van der Waals surface area contributed by atoms with Crippen LogP contribution in [0.25, 0.3) is 5.69 Å². The quantitative estimate of drug-likeness (QED) is 0.130. The number of ketones is 1. The number of carbonyl (C=O) groups is 2. The van der Waals surface area contributed by atoms with Crippen molar-refractivity contribution in [1.29, 1.82) is 0 Å². The number of halogens is 1. The standard InChI is InChI=1S/C39H54ClN3O4/c1-27(14-9-16-29(3)36(45)47-26-31-25-43(42-41-31)32-18-11-17-30(40)24-32)12-8-13-28(2)15-10-19-34-38(6)22-21-35(44)37(4,5)33(38)20-23-39(34,7)46/h11-12,15-18,24-25,33-34,46H,8-10,13-14,19-23,26H2,1-7H3/b27-12+,28-15+,29-16+/t33-,34-,38+,39-/m1/s1. The Labute approximate surface area is 286 Å². The molecule has 1 N–H and O–H groups in total. The predicted octanol–water partition coefficient (Wildman–Crippen LogP) is 9.32. The van der Waals surface area contributed by atoms with Crippen LogP contribution in [0.2, 0.25) is 5.02 Å². The van der Waals surface area contributed by atoms with Gasteiger partial charge < -0.3 is 9.84 Å². The highest BCUT2D eigenvalue weighted by atomic mass is 35.5. The summed E-state index contributed by atoms with van der Waals surface area (Å²) in [5, 5.41) is 20.2. The molecule has 1 aromatic heterocycles. The average Bonchev–Trinajstić information content (AvgIpc) is 3.48. The minimum atomic E-state index is -0.688. The van der Waals surface area contributed by atoms with Gasteiger partial charge in [0.05, 0.1) is 17.5 Å². The zero-order valence-electron chi connectivity index (χ0n) is 29.4. The lowest BCUT2D eigenvalue weighted by molar-refractivity contribution is -0.177. The van der Waals surface area contributed by atoms with E-state index >= 15 is 0 Å². The molecule has 0 saturated heterocycles. The Kier molecular flexibility index (Phi) is 12.1. The van der Waals surface area contributed by atoms with Crippen LogP contribution >= 0.6 is 11.6 Å². The largest absolute Gasteiger partial charge is 0.456 e. The third kappa shape index (κ3) is 9.11. The number of Topliss-reactive ketones (excluding diaryl/α,β-unsaturated/α-hetero) is 1. The Morgan fingerprint density at radius 3 is 2.43 bits per heavy atom. The van der Waals surface area contributed by atoms with Gasteiger partial charge in [-0.1, -0.05) is 73.0 Å². The van der Waals surface area contributed by atoms with Crippen molar-refractivity contribution in [2.24, 2.45) is 22.7 Å². The molecule has 256 valence electrons. The smallest absolute Gasteiger partial charge is 0.333 e. The van der Waals surface area contributed by atoms with Gasteiger partial charge in [0.2, 0.25) is 0 Å². The van der Waals surface area contributed by atoms with Crippen molar-refractivity contribution >= 4 is 23.4 Å². The van der Waals surface area contributed by atoms with E-state index in [1.807, 2.05) is 25.1 Å². The van der Waals surface area contributed by atoms with Crippen LogP contribution < -0.4 is 0 Å². The van der Waals surface area contributed by atoms with Gasteiger partial charge in [0.15, 0.2) is 0 Å². The number of aromatic nitrogens is 3. The minimum Gasteiger partial charge on any atom is -0.456 e. The van der Waals surface area contributed by atoms with Gasteiger partial charge in [-0.2, -0.15) is 0 Å². The highest BCUT2D eigenvalue weighted by molar-refractivity contribution is 6.30. The average molecular weight is 664 g/mol. The Balaban J connectivity index is 1.18. The first-order chi connectivity index (χ1) is 22.1. The lowest BCUT2D eigenvalue weighted by Crippen LogP contribution is -2.59. The summed E-state index contributed by atoms with van der Waals surface area (Å²) in [5.74, 6) is 0.553. The third-order valence-corrected chi connectivity index (χ3v) is 11.3. The number of hydrogen-bond donors (Lipinski definition) is 1. The van der Waals surface area contributed by atoms with Crippen LogP contribution in [0.5, 0.6) is 0 Å². The zero-order valence-corrected chi connectivity index (χ0v) is 30.2. The topological polar surface area (TPSA) is 94.3 Å². The molecule has 0 spiro atoms. The van der Waals surface area contributed by atoms with E-state index in [9.17, 15) is 14.7 Å². The number of carbonyl (C=O) groups excluding carboxylic acids is 2. The molecule has 0 radical (unpaired) electrons. The summed E-state index contributed by atoms with van der Waals surface area (Å²) >= 11 is 6.06. The second-order valence-corrected chi connectivity index (χ2v) is 15.4. The fourth-order valence-corrected chi connectivity index (χ4v) is 8.36. The molecule has 0 aliphatic heterocycles.